The normalized spacial score (nSPS) is 19.8. The summed E-state index contributed by atoms with van der Waals surface area (Å²) < 4.78 is 0. The average Bonchev–Trinajstić information content (AvgIpc) is 2.04. The molecule has 0 saturated carbocycles. The number of rotatable bonds is 2. The average molecular weight is 162 g/mol. The van der Waals surface area contributed by atoms with E-state index in [9.17, 15) is 0 Å². The number of benzene rings is 1. The van der Waals surface area contributed by atoms with Crippen molar-refractivity contribution < 1.29 is 0 Å². The molecule has 0 amide bonds. The molecule has 2 N–H and O–H groups in total. The summed E-state index contributed by atoms with van der Waals surface area (Å²) in [6.07, 6.45) is 0. The Bertz CT molecular complexity index is 252. The first-order chi connectivity index (χ1) is 5.79. The summed E-state index contributed by atoms with van der Waals surface area (Å²) in [4.78, 5) is 0. The molecule has 2 nitrogen and oxygen atoms in total. The van der Waals surface area contributed by atoms with Gasteiger partial charge in [0.1, 0.15) is 0 Å². The van der Waals surface area contributed by atoms with Crippen LogP contribution in [-0.2, 0) is 0 Å². The van der Waals surface area contributed by atoms with Gasteiger partial charge in [0, 0.05) is 18.8 Å². The van der Waals surface area contributed by atoms with Crippen molar-refractivity contribution in [1.29, 1.82) is 0 Å². The van der Waals surface area contributed by atoms with E-state index < -0.39 is 0 Å². The minimum Gasteiger partial charge on any atom is -0.377 e. The van der Waals surface area contributed by atoms with Crippen LogP contribution < -0.4 is 10.6 Å². The lowest BCUT2D eigenvalue weighted by Crippen LogP contribution is -2.62. The lowest BCUT2D eigenvalue weighted by Gasteiger charge is -2.40. The number of anilines is 1. The van der Waals surface area contributed by atoms with Crippen LogP contribution in [0.5, 0.6) is 0 Å². The molecule has 2 rings (SSSR count). The summed E-state index contributed by atoms with van der Waals surface area (Å²) in [5.74, 6) is 0. The Morgan fingerprint density at radius 1 is 1.25 bits per heavy atom. The molecular weight excluding hydrogens is 148 g/mol. The summed E-state index contributed by atoms with van der Waals surface area (Å²) >= 11 is 0. The maximum absolute atomic E-state index is 3.49. The van der Waals surface area contributed by atoms with Crippen LogP contribution in [0.25, 0.3) is 0 Å². The molecule has 1 aliphatic rings. The minimum absolute atomic E-state index is 0.265. The van der Waals surface area contributed by atoms with Gasteiger partial charge in [0.15, 0.2) is 0 Å². The molecule has 1 aromatic carbocycles. The molecule has 2 heteroatoms. The van der Waals surface area contributed by atoms with Crippen LogP contribution in [0.2, 0.25) is 0 Å². The van der Waals surface area contributed by atoms with Crippen LogP contribution in [-0.4, -0.2) is 18.6 Å². The van der Waals surface area contributed by atoms with E-state index in [1.165, 1.54) is 5.69 Å². The summed E-state index contributed by atoms with van der Waals surface area (Å²) in [6, 6.07) is 10.3. The Labute approximate surface area is 73.0 Å². The first-order valence-electron chi connectivity index (χ1n) is 4.32. The molecular formula is C10H14N2. The quantitative estimate of drug-likeness (QED) is 0.688. The van der Waals surface area contributed by atoms with Crippen molar-refractivity contribution in [3.63, 3.8) is 0 Å². The van der Waals surface area contributed by atoms with E-state index in [2.05, 4.69) is 41.8 Å². The lowest BCUT2D eigenvalue weighted by atomic mass is 9.95. The summed E-state index contributed by atoms with van der Waals surface area (Å²) in [5, 5.41) is 6.75. The molecule has 0 spiro atoms. The van der Waals surface area contributed by atoms with E-state index in [1.54, 1.807) is 0 Å². The van der Waals surface area contributed by atoms with Crippen LogP contribution in [0.4, 0.5) is 5.69 Å². The van der Waals surface area contributed by atoms with Crippen molar-refractivity contribution in [2.24, 2.45) is 0 Å². The smallest absolute Gasteiger partial charge is 0.0593 e. The van der Waals surface area contributed by atoms with Crippen LogP contribution in [0.3, 0.4) is 0 Å². The zero-order chi connectivity index (χ0) is 8.44. The molecule has 1 aliphatic heterocycles. The Hall–Kier alpha value is -1.02. The zero-order valence-corrected chi connectivity index (χ0v) is 7.30. The van der Waals surface area contributed by atoms with Gasteiger partial charge in [-0.25, -0.2) is 0 Å². The standard InChI is InChI=1S/C10H14N2/c1-10(7-11-8-10)12-9-5-3-2-4-6-9/h2-6,11-12H,7-8H2,1H3. The third kappa shape index (κ3) is 1.43. The molecule has 0 unspecified atom stereocenters. The second-order valence-electron chi connectivity index (χ2n) is 3.66. The Morgan fingerprint density at radius 2 is 1.92 bits per heavy atom. The van der Waals surface area contributed by atoms with Crippen molar-refractivity contribution in [2.45, 2.75) is 12.5 Å². The van der Waals surface area contributed by atoms with Crippen molar-refractivity contribution in [3.8, 4) is 0 Å². The predicted molar refractivity (Wildman–Crippen MR) is 51.3 cm³/mol. The van der Waals surface area contributed by atoms with E-state index >= 15 is 0 Å². The number of para-hydroxylation sites is 1. The highest BCUT2D eigenvalue weighted by atomic mass is 15.1. The van der Waals surface area contributed by atoms with E-state index in [-0.39, 0.29) is 5.54 Å². The van der Waals surface area contributed by atoms with Crippen molar-refractivity contribution in [2.75, 3.05) is 18.4 Å². The van der Waals surface area contributed by atoms with E-state index in [4.69, 9.17) is 0 Å². The first-order valence-corrected chi connectivity index (χ1v) is 4.32. The molecule has 1 fully saturated rings. The second-order valence-corrected chi connectivity index (χ2v) is 3.66. The van der Waals surface area contributed by atoms with Crippen LogP contribution in [0, 0.1) is 0 Å². The fourth-order valence-electron chi connectivity index (χ4n) is 1.46. The maximum Gasteiger partial charge on any atom is 0.0593 e. The van der Waals surface area contributed by atoms with E-state index in [0.29, 0.717) is 0 Å². The summed E-state index contributed by atoms with van der Waals surface area (Å²) in [6.45, 7) is 4.35. The summed E-state index contributed by atoms with van der Waals surface area (Å²) in [7, 11) is 0. The second kappa shape index (κ2) is 2.79. The Morgan fingerprint density at radius 3 is 2.42 bits per heavy atom. The van der Waals surface area contributed by atoms with Gasteiger partial charge in [0.2, 0.25) is 0 Å². The van der Waals surface area contributed by atoms with Gasteiger partial charge >= 0.3 is 0 Å². The number of nitrogens with one attached hydrogen (secondary N) is 2. The fraction of sp³-hybridized carbons (Fsp3) is 0.400. The molecule has 0 bridgehead atoms. The molecule has 64 valence electrons. The zero-order valence-electron chi connectivity index (χ0n) is 7.30. The van der Waals surface area contributed by atoms with Gasteiger partial charge in [-0.3, -0.25) is 0 Å². The topological polar surface area (TPSA) is 24.1 Å². The van der Waals surface area contributed by atoms with Gasteiger partial charge in [0.25, 0.3) is 0 Å². The SMILES string of the molecule is CC1(Nc2ccccc2)CNC1. The van der Waals surface area contributed by atoms with Gasteiger partial charge in [0.05, 0.1) is 5.54 Å². The van der Waals surface area contributed by atoms with Crippen molar-refractivity contribution >= 4 is 5.69 Å². The van der Waals surface area contributed by atoms with Crippen LogP contribution in [0.1, 0.15) is 6.92 Å². The van der Waals surface area contributed by atoms with Gasteiger partial charge in [-0.2, -0.15) is 0 Å². The molecule has 0 atom stereocenters. The molecule has 12 heavy (non-hydrogen) atoms. The number of hydrogen-bond donors (Lipinski definition) is 2. The van der Waals surface area contributed by atoms with Crippen LogP contribution in [0.15, 0.2) is 30.3 Å². The monoisotopic (exact) mass is 162 g/mol. The molecule has 0 radical (unpaired) electrons. The number of hydrogen-bond acceptors (Lipinski definition) is 2. The van der Waals surface area contributed by atoms with Crippen molar-refractivity contribution in [1.82, 2.24) is 5.32 Å². The highest BCUT2D eigenvalue weighted by molar-refractivity contribution is 5.46. The third-order valence-electron chi connectivity index (χ3n) is 2.25. The Balaban J connectivity index is 2.04. The van der Waals surface area contributed by atoms with Crippen LogP contribution >= 0.6 is 0 Å². The first kappa shape index (κ1) is 7.62. The van der Waals surface area contributed by atoms with E-state index in [1.807, 2.05) is 6.07 Å². The highest BCUT2D eigenvalue weighted by Crippen LogP contribution is 2.17. The molecule has 0 aliphatic carbocycles. The molecule has 1 aromatic rings. The van der Waals surface area contributed by atoms with Gasteiger partial charge in [-0.05, 0) is 19.1 Å². The minimum atomic E-state index is 0.265. The fourth-order valence-corrected chi connectivity index (χ4v) is 1.46. The van der Waals surface area contributed by atoms with Gasteiger partial charge in [-0.1, -0.05) is 18.2 Å². The van der Waals surface area contributed by atoms with Gasteiger partial charge < -0.3 is 10.6 Å². The maximum atomic E-state index is 3.49. The molecule has 0 aromatic heterocycles. The lowest BCUT2D eigenvalue weighted by molar-refractivity contribution is 0.338. The van der Waals surface area contributed by atoms with Gasteiger partial charge in [-0.15, -0.1) is 0 Å². The molecule has 1 heterocycles. The largest absolute Gasteiger partial charge is 0.377 e. The predicted octanol–water partition coefficient (Wildman–Crippen LogP) is 1.46. The van der Waals surface area contributed by atoms with Crippen molar-refractivity contribution in [3.05, 3.63) is 30.3 Å². The molecule has 1 saturated heterocycles. The van der Waals surface area contributed by atoms with E-state index in [0.717, 1.165) is 13.1 Å². The highest BCUT2D eigenvalue weighted by Gasteiger charge is 2.30. The third-order valence-corrected chi connectivity index (χ3v) is 2.25. The Kier molecular flexibility index (Phi) is 1.77. The summed E-state index contributed by atoms with van der Waals surface area (Å²) in [5.41, 5.74) is 1.47.